The van der Waals surface area contributed by atoms with Crippen LogP contribution in [0.5, 0.6) is 11.5 Å². The molecule has 6 rings (SSSR count). The molecule has 8 heteroatoms. The second-order valence-corrected chi connectivity index (χ2v) is 10.5. The highest BCUT2D eigenvalue weighted by Crippen LogP contribution is 2.48. The molecule has 0 unspecified atom stereocenters. The number of hydrogen-bond acceptors (Lipinski definition) is 6. The molecule has 41 heavy (non-hydrogen) atoms. The molecule has 0 bridgehead atoms. The van der Waals surface area contributed by atoms with Crippen molar-refractivity contribution in [2.24, 2.45) is 0 Å². The molecule has 5 aromatic rings. The third-order valence-electron chi connectivity index (χ3n) is 7.34. The number of ether oxygens (including phenoxy) is 2. The highest BCUT2D eigenvalue weighted by atomic mass is 35.5. The summed E-state index contributed by atoms with van der Waals surface area (Å²) in [6.07, 6.45) is 0. The molecule has 1 N–H and O–H groups in total. The lowest BCUT2D eigenvalue weighted by Gasteiger charge is -2.22. The highest BCUT2D eigenvalue weighted by Gasteiger charge is 2.36. The number of nitrogens with zero attached hydrogens (tertiary/aromatic N) is 3. The van der Waals surface area contributed by atoms with E-state index in [1.54, 1.807) is 12.1 Å². The summed E-state index contributed by atoms with van der Waals surface area (Å²) in [6.45, 7) is 2.53. The maximum Gasteiger partial charge on any atom is 0.199 e. The first-order chi connectivity index (χ1) is 20.0. The Morgan fingerprint density at radius 2 is 1.41 bits per heavy atom. The van der Waals surface area contributed by atoms with Crippen molar-refractivity contribution in [2.45, 2.75) is 19.8 Å². The number of carbonyl (C=O) groups excluding carboxylic acids is 1. The Hall–Kier alpha value is -4.17. The Balaban J connectivity index is 1.48. The first-order valence-corrected chi connectivity index (χ1v) is 14.0. The Kier molecular flexibility index (Phi) is 7.74. The maximum atomic E-state index is 14.2. The van der Waals surface area contributed by atoms with Crippen molar-refractivity contribution < 1.29 is 19.4 Å². The summed E-state index contributed by atoms with van der Waals surface area (Å²) in [5.74, 6) is 0.795. The van der Waals surface area contributed by atoms with Gasteiger partial charge in [-0.15, -0.1) is 0 Å². The summed E-state index contributed by atoms with van der Waals surface area (Å²) in [6, 6.07) is 27.0. The van der Waals surface area contributed by atoms with Gasteiger partial charge in [-0.3, -0.25) is 9.48 Å². The van der Waals surface area contributed by atoms with Gasteiger partial charge in [0.05, 0.1) is 40.4 Å². The van der Waals surface area contributed by atoms with Crippen LogP contribution < -0.4 is 9.47 Å². The van der Waals surface area contributed by atoms with Crippen LogP contribution in [0.2, 0.25) is 5.02 Å². The summed E-state index contributed by atoms with van der Waals surface area (Å²) in [4.78, 5) is 16.3. The van der Waals surface area contributed by atoms with Gasteiger partial charge in [0.25, 0.3) is 0 Å². The molecule has 1 heterocycles. The number of hydrogen-bond donors (Lipinski definition) is 1. The van der Waals surface area contributed by atoms with E-state index in [0.29, 0.717) is 77.1 Å². The quantitative estimate of drug-likeness (QED) is 0.207. The number of aromatic nitrogens is 2. The molecule has 1 aliphatic rings. The van der Waals surface area contributed by atoms with Crippen LogP contribution in [0.3, 0.4) is 0 Å². The maximum absolute atomic E-state index is 14.2. The molecule has 0 fully saturated rings. The number of ketones is 1. The molecule has 0 radical (unpaired) electrons. The molecule has 7 nitrogen and oxygen atoms in total. The van der Waals surface area contributed by atoms with Crippen molar-refractivity contribution in [3.8, 4) is 22.8 Å². The van der Waals surface area contributed by atoms with Crippen molar-refractivity contribution in [1.29, 1.82) is 0 Å². The van der Waals surface area contributed by atoms with E-state index in [2.05, 4.69) is 0 Å². The van der Waals surface area contributed by atoms with Gasteiger partial charge in [-0.05, 0) is 42.4 Å². The Labute approximate surface area is 243 Å². The molecule has 208 valence electrons. The molecule has 0 saturated heterocycles. The minimum atomic E-state index is -0.215. The van der Waals surface area contributed by atoms with Crippen LogP contribution in [0.25, 0.3) is 22.2 Å². The zero-order valence-corrected chi connectivity index (χ0v) is 23.5. The monoisotopic (exact) mass is 567 g/mol. The minimum Gasteiger partial charge on any atom is -0.488 e. The third-order valence-corrected chi connectivity index (χ3v) is 7.65. The van der Waals surface area contributed by atoms with Crippen molar-refractivity contribution in [1.82, 2.24) is 14.7 Å². The first-order valence-electron chi connectivity index (χ1n) is 13.6. The Morgan fingerprint density at radius 1 is 0.805 bits per heavy atom. The average Bonchev–Trinajstić information content (AvgIpc) is 3.37. The van der Waals surface area contributed by atoms with E-state index in [9.17, 15) is 9.90 Å². The number of benzene rings is 4. The fraction of sp³-hybridized carbons (Fsp3) is 0.212. The number of rotatable bonds is 11. The van der Waals surface area contributed by atoms with Crippen molar-refractivity contribution in [3.05, 3.63) is 112 Å². The fourth-order valence-electron chi connectivity index (χ4n) is 5.22. The van der Waals surface area contributed by atoms with Crippen molar-refractivity contribution >= 4 is 28.3 Å². The molecule has 0 saturated carbocycles. The van der Waals surface area contributed by atoms with E-state index in [4.69, 9.17) is 26.2 Å². The van der Waals surface area contributed by atoms with Crippen LogP contribution in [0.15, 0.2) is 84.9 Å². The number of carbonyl (C=O) groups is 1. The van der Waals surface area contributed by atoms with Crippen LogP contribution in [0, 0.1) is 0 Å². The van der Waals surface area contributed by atoms with Gasteiger partial charge in [0.1, 0.15) is 30.4 Å². The van der Waals surface area contributed by atoms with E-state index in [-0.39, 0.29) is 12.4 Å². The summed E-state index contributed by atoms with van der Waals surface area (Å²) in [5, 5.41) is 15.4. The van der Waals surface area contributed by atoms with E-state index < -0.39 is 0 Å². The first kappa shape index (κ1) is 27.0. The third kappa shape index (κ3) is 5.32. The minimum absolute atomic E-state index is 0.0805. The van der Waals surface area contributed by atoms with Crippen LogP contribution in [-0.4, -0.2) is 52.3 Å². The molecule has 0 spiro atoms. The lowest BCUT2D eigenvalue weighted by atomic mass is 9.86. The Morgan fingerprint density at radius 3 is 2.02 bits per heavy atom. The normalized spacial score (nSPS) is 12.1. The van der Waals surface area contributed by atoms with Crippen molar-refractivity contribution in [2.75, 3.05) is 26.7 Å². The summed E-state index contributed by atoms with van der Waals surface area (Å²) >= 11 is 6.69. The lowest BCUT2D eigenvalue weighted by molar-refractivity contribution is 0.103. The second-order valence-electron chi connectivity index (χ2n) is 10.1. The van der Waals surface area contributed by atoms with E-state index in [1.165, 1.54) is 0 Å². The van der Waals surface area contributed by atoms with Crippen LogP contribution in [-0.2, 0) is 19.8 Å². The molecule has 0 atom stereocenters. The van der Waals surface area contributed by atoms with Gasteiger partial charge < -0.3 is 19.5 Å². The number of fused-ring (bicyclic) bond motifs is 2. The van der Waals surface area contributed by atoms with Crippen LogP contribution in [0.1, 0.15) is 27.0 Å². The second kappa shape index (κ2) is 11.7. The number of aliphatic hydroxyl groups excluding tert-OH is 1. The molecule has 4 aromatic carbocycles. The summed E-state index contributed by atoms with van der Waals surface area (Å²) in [7, 11) is 1.95. The van der Waals surface area contributed by atoms with Crippen LogP contribution in [0.4, 0.5) is 0 Å². The standard InChI is InChI=1S/C33H30ClN3O4/c1-36(18-19-38)16-17-37-25-13-12-24(34)28-29(25)32(35-37)30-26(40-20-22-8-4-2-5-9-22)14-15-27(31(30)33(28)39)41-21-23-10-6-3-7-11-23/h2-15,38H,16-21H2,1H3. The molecular weight excluding hydrogens is 538 g/mol. The number of aliphatic hydroxyl groups is 1. The van der Waals surface area contributed by atoms with Gasteiger partial charge in [-0.25, -0.2) is 0 Å². The summed E-state index contributed by atoms with van der Waals surface area (Å²) < 4.78 is 14.5. The predicted molar refractivity (Wildman–Crippen MR) is 160 cm³/mol. The van der Waals surface area contributed by atoms with Gasteiger partial charge in [-0.1, -0.05) is 72.3 Å². The van der Waals surface area contributed by atoms with E-state index in [0.717, 1.165) is 16.6 Å². The predicted octanol–water partition coefficient (Wildman–Crippen LogP) is 5.98. The molecule has 0 amide bonds. The van der Waals surface area contributed by atoms with Gasteiger partial charge in [0.15, 0.2) is 5.78 Å². The molecule has 0 aliphatic heterocycles. The lowest BCUT2D eigenvalue weighted by Crippen LogP contribution is -2.26. The zero-order valence-electron chi connectivity index (χ0n) is 22.7. The number of halogens is 1. The Bertz CT molecular complexity index is 1700. The van der Waals surface area contributed by atoms with Gasteiger partial charge in [0.2, 0.25) is 0 Å². The molecule has 1 aromatic heterocycles. The molecular formula is C33H30ClN3O4. The van der Waals surface area contributed by atoms with E-state index in [1.807, 2.05) is 89.4 Å². The number of likely N-dealkylation sites (N-methyl/N-ethyl adjacent to an activating group) is 1. The van der Waals surface area contributed by atoms with Gasteiger partial charge in [0, 0.05) is 18.5 Å². The van der Waals surface area contributed by atoms with Gasteiger partial charge in [-0.2, -0.15) is 5.10 Å². The van der Waals surface area contributed by atoms with Crippen molar-refractivity contribution in [3.63, 3.8) is 0 Å². The largest absolute Gasteiger partial charge is 0.488 e. The van der Waals surface area contributed by atoms with E-state index >= 15 is 0 Å². The SMILES string of the molecule is CN(CCO)CCn1nc2c3c(c(Cl)ccc31)C(=O)c1c(OCc3ccccc3)ccc(OCc3ccccc3)c1-2. The zero-order chi connectivity index (χ0) is 28.3. The highest BCUT2D eigenvalue weighted by molar-refractivity contribution is 6.39. The smallest absolute Gasteiger partial charge is 0.199 e. The summed E-state index contributed by atoms with van der Waals surface area (Å²) in [5.41, 5.74) is 4.90. The fourth-order valence-corrected chi connectivity index (χ4v) is 5.47. The van der Waals surface area contributed by atoms with Crippen LogP contribution >= 0.6 is 11.6 Å². The topological polar surface area (TPSA) is 76.8 Å². The average molecular weight is 568 g/mol. The molecule has 1 aliphatic carbocycles. The van der Waals surface area contributed by atoms with Gasteiger partial charge >= 0.3 is 0 Å².